The van der Waals surface area contributed by atoms with Crippen molar-refractivity contribution < 1.29 is 22.7 Å². The van der Waals surface area contributed by atoms with Gasteiger partial charge in [-0.05, 0) is 23.6 Å². The van der Waals surface area contributed by atoms with Crippen LogP contribution in [0.15, 0.2) is 29.4 Å². The van der Waals surface area contributed by atoms with Crippen molar-refractivity contribution in [2.24, 2.45) is 5.11 Å². The van der Waals surface area contributed by atoms with Crippen molar-refractivity contribution >= 4 is 5.97 Å². The molecule has 1 aromatic rings. The van der Waals surface area contributed by atoms with E-state index in [0.29, 0.717) is 5.56 Å². The van der Waals surface area contributed by atoms with Crippen LogP contribution < -0.4 is 0 Å². The monoisotopic (exact) mass is 287 g/mol. The number of nitrogens with zero attached hydrogens (tertiary/aromatic N) is 3. The minimum Gasteiger partial charge on any atom is -0.469 e. The van der Waals surface area contributed by atoms with Gasteiger partial charge in [-0.1, -0.05) is 23.3 Å². The van der Waals surface area contributed by atoms with E-state index in [9.17, 15) is 18.0 Å². The van der Waals surface area contributed by atoms with E-state index in [1.165, 1.54) is 19.2 Å². The summed E-state index contributed by atoms with van der Waals surface area (Å²) in [6, 6.07) is 3.88. The van der Waals surface area contributed by atoms with Crippen LogP contribution >= 0.6 is 0 Å². The van der Waals surface area contributed by atoms with Crippen molar-refractivity contribution in [3.8, 4) is 0 Å². The fourth-order valence-corrected chi connectivity index (χ4v) is 1.65. The van der Waals surface area contributed by atoms with Gasteiger partial charge in [0.1, 0.15) is 0 Å². The van der Waals surface area contributed by atoms with Gasteiger partial charge < -0.3 is 4.74 Å². The fourth-order valence-electron chi connectivity index (χ4n) is 1.65. The Labute approximate surface area is 113 Å². The molecule has 108 valence electrons. The van der Waals surface area contributed by atoms with Crippen LogP contribution in [0.5, 0.6) is 0 Å². The summed E-state index contributed by atoms with van der Waals surface area (Å²) in [7, 11) is 1.18. The SMILES string of the molecule is COC(=O)C[C@@H](Cc1cccc(C(F)(F)F)c1)N=[N+]=[N-]. The Morgan fingerprint density at radius 2 is 2.20 bits per heavy atom. The van der Waals surface area contributed by atoms with E-state index in [0.717, 1.165) is 12.1 Å². The largest absolute Gasteiger partial charge is 0.469 e. The lowest BCUT2D eigenvalue weighted by atomic mass is 10.0. The lowest BCUT2D eigenvalue weighted by Crippen LogP contribution is -2.15. The van der Waals surface area contributed by atoms with Gasteiger partial charge in [-0.2, -0.15) is 13.2 Å². The number of hydrogen-bond donors (Lipinski definition) is 0. The number of carbonyl (C=O) groups excluding carboxylic acids is 1. The van der Waals surface area contributed by atoms with E-state index in [-0.39, 0.29) is 12.8 Å². The average molecular weight is 287 g/mol. The molecule has 0 aromatic heterocycles. The fraction of sp³-hybridized carbons (Fsp3) is 0.417. The molecular formula is C12H12F3N3O2. The van der Waals surface area contributed by atoms with Gasteiger partial charge in [0.05, 0.1) is 25.1 Å². The second kappa shape index (κ2) is 6.81. The van der Waals surface area contributed by atoms with Crippen LogP contribution in [-0.2, 0) is 22.1 Å². The van der Waals surface area contributed by atoms with Gasteiger partial charge >= 0.3 is 12.1 Å². The van der Waals surface area contributed by atoms with Crippen molar-refractivity contribution in [3.05, 3.63) is 45.8 Å². The van der Waals surface area contributed by atoms with Crippen LogP contribution in [0, 0.1) is 0 Å². The Morgan fingerprint density at radius 1 is 1.50 bits per heavy atom. The van der Waals surface area contributed by atoms with E-state index in [4.69, 9.17) is 5.53 Å². The summed E-state index contributed by atoms with van der Waals surface area (Å²) in [5.41, 5.74) is 7.96. The highest BCUT2D eigenvalue weighted by Crippen LogP contribution is 2.29. The number of esters is 1. The van der Waals surface area contributed by atoms with Gasteiger partial charge in [0.25, 0.3) is 0 Å². The van der Waals surface area contributed by atoms with Crippen molar-refractivity contribution in [2.75, 3.05) is 7.11 Å². The summed E-state index contributed by atoms with van der Waals surface area (Å²) in [5.74, 6) is -0.589. The molecule has 0 N–H and O–H groups in total. The van der Waals surface area contributed by atoms with Crippen molar-refractivity contribution in [1.82, 2.24) is 0 Å². The third-order valence-corrected chi connectivity index (χ3v) is 2.57. The zero-order valence-electron chi connectivity index (χ0n) is 10.6. The number of rotatable bonds is 5. The highest BCUT2D eigenvalue weighted by molar-refractivity contribution is 5.70. The molecule has 8 heteroatoms. The number of benzene rings is 1. The average Bonchev–Trinajstić information content (AvgIpc) is 2.38. The molecule has 0 spiro atoms. The van der Waals surface area contributed by atoms with Gasteiger partial charge in [-0.3, -0.25) is 4.79 Å². The molecule has 0 unspecified atom stereocenters. The van der Waals surface area contributed by atoms with Gasteiger partial charge in [-0.15, -0.1) is 0 Å². The van der Waals surface area contributed by atoms with E-state index < -0.39 is 23.8 Å². The Hall–Kier alpha value is -2.21. The van der Waals surface area contributed by atoms with Crippen LogP contribution in [0.2, 0.25) is 0 Å². The first-order chi connectivity index (χ1) is 9.36. The van der Waals surface area contributed by atoms with Gasteiger partial charge in [-0.25, -0.2) is 0 Å². The molecule has 0 bridgehead atoms. The molecule has 20 heavy (non-hydrogen) atoms. The number of hydrogen-bond acceptors (Lipinski definition) is 3. The molecule has 0 aliphatic carbocycles. The molecule has 1 rings (SSSR count). The van der Waals surface area contributed by atoms with Gasteiger partial charge in [0.2, 0.25) is 0 Å². The summed E-state index contributed by atoms with van der Waals surface area (Å²) < 4.78 is 42.1. The maximum Gasteiger partial charge on any atom is 0.416 e. The smallest absolute Gasteiger partial charge is 0.416 e. The summed E-state index contributed by atoms with van der Waals surface area (Å²) >= 11 is 0. The maximum atomic E-state index is 12.6. The molecule has 5 nitrogen and oxygen atoms in total. The minimum absolute atomic E-state index is 0.0308. The Balaban J connectivity index is 2.88. The number of methoxy groups -OCH3 is 1. The van der Waals surface area contributed by atoms with Crippen LogP contribution in [0.3, 0.4) is 0 Å². The highest BCUT2D eigenvalue weighted by atomic mass is 19.4. The number of halogens is 3. The predicted octanol–water partition coefficient (Wildman–Crippen LogP) is 3.49. The second-order valence-electron chi connectivity index (χ2n) is 4.04. The quantitative estimate of drug-likeness (QED) is 0.360. The zero-order chi connectivity index (χ0) is 15.2. The van der Waals surface area contributed by atoms with Crippen LogP contribution in [0.25, 0.3) is 10.4 Å². The zero-order valence-corrected chi connectivity index (χ0v) is 10.6. The van der Waals surface area contributed by atoms with Crippen molar-refractivity contribution in [1.29, 1.82) is 0 Å². The molecule has 0 aliphatic rings. The first kappa shape index (κ1) is 15.8. The lowest BCUT2D eigenvalue weighted by Gasteiger charge is -2.12. The highest BCUT2D eigenvalue weighted by Gasteiger charge is 2.30. The molecule has 0 saturated carbocycles. The van der Waals surface area contributed by atoms with Crippen LogP contribution in [0.4, 0.5) is 13.2 Å². The van der Waals surface area contributed by atoms with Crippen molar-refractivity contribution in [2.45, 2.75) is 25.1 Å². The van der Waals surface area contributed by atoms with E-state index in [1.807, 2.05) is 0 Å². The van der Waals surface area contributed by atoms with Crippen LogP contribution in [-0.4, -0.2) is 19.1 Å². The molecule has 1 aromatic carbocycles. The molecule has 0 radical (unpaired) electrons. The number of ether oxygens (including phenoxy) is 1. The van der Waals surface area contributed by atoms with E-state index in [2.05, 4.69) is 14.8 Å². The third-order valence-electron chi connectivity index (χ3n) is 2.57. The summed E-state index contributed by atoms with van der Waals surface area (Å²) in [4.78, 5) is 13.7. The summed E-state index contributed by atoms with van der Waals surface area (Å²) in [6.07, 6.45) is -4.59. The normalized spacial score (nSPS) is 12.4. The molecular weight excluding hydrogens is 275 g/mol. The molecule has 0 fully saturated rings. The Kier molecular flexibility index (Phi) is 5.40. The molecule has 0 saturated heterocycles. The topological polar surface area (TPSA) is 75.1 Å². The third kappa shape index (κ3) is 4.81. The van der Waals surface area contributed by atoms with Gasteiger partial charge in [0.15, 0.2) is 0 Å². The molecule has 0 aliphatic heterocycles. The van der Waals surface area contributed by atoms with Gasteiger partial charge in [0, 0.05) is 4.91 Å². The van der Waals surface area contributed by atoms with E-state index in [1.54, 1.807) is 0 Å². The van der Waals surface area contributed by atoms with Crippen molar-refractivity contribution in [3.63, 3.8) is 0 Å². The summed E-state index contributed by atoms with van der Waals surface area (Å²) in [6.45, 7) is 0. The number of carbonyl (C=O) groups is 1. The molecule has 0 amide bonds. The summed E-state index contributed by atoms with van der Waals surface area (Å²) in [5, 5.41) is 3.40. The number of alkyl halides is 3. The van der Waals surface area contributed by atoms with E-state index >= 15 is 0 Å². The first-order valence-corrected chi connectivity index (χ1v) is 5.64. The molecule has 0 heterocycles. The number of azide groups is 1. The predicted molar refractivity (Wildman–Crippen MR) is 64.7 cm³/mol. The standard InChI is InChI=1S/C12H12F3N3O2/c1-20-11(19)7-10(17-18-16)6-8-3-2-4-9(5-8)12(13,14)15/h2-5,10H,6-7H2,1H3/t10-/m1/s1. The minimum atomic E-state index is -4.44. The second-order valence-corrected chi connectivity index (χ2v) is 4.04. The maximum absolute atomic E-state index is 12.6. The molecule has 1 atom stereocenters. The van der Waals surface area contributed by atoms with Crippen LogP contribution in [0.1, 0.15) is 17.5 Å². The Morgan fingerprint density at radius 3 is 2.75 bits per heavy atom. The first-order valence-electron chi connectivity index (χ1n) is 5.64. The Bertz CT molecular complexity index is 525. The lowest BCUT2D eigenvalue weighted by molar-refractivity contribution is -0.141.